The van der Waals surface area contributed by atoms with Crippen LogP contribution in [-0.4, -0.2) is 75.5 Å². The molecule has 0 aromatic carbocycles. The summed E-state index contributed by atoms with van der Waals surface area (Å²) in [6.45, 7) is 6.37. The maximum atomic E-state index is 13.5. The molecule has 9 nitrogen and oxygen atoms in total. The minimum Gasteiger partial charge on any atom is -0.396 e. The number of aliphatic hydroxyl groups excluding tert-OH is 1. The van der Waals surface area contributed by atoms with Gasteiger partial charge in [-0.3, -0.25) is 4.90 Å². The summed E-state index contributed by atoms with van der Waals surface area (Å²) in [5.41, 5.74) is 2.37. The normalized spacial score (nSPS) is 22.2. The van der Waals surface area contributed by atoms with Crippen LogP contribution in [0, 0.1) is 17.2 Å². The van der Waals surface area contributed by atoms with Gasteiger partial charge in [0, 0.05) is 38.7 Å². The van der Waals surface area contributed by atoms with Crippen LogP contribution < -0.4 is 9.80 Å². The third kappa shape index (κ3) is 5.00. The van der Waals surface area contributed by atoms with E-state index in [0.717, 1.165) is 74.8 Å². The average molecular weight is 563 g/mol. The molecule has 11 heteroatoms. The number of likely N-dealkylation sites (tertiary alicyclic amines) is 1. The van der Waals surface area contributed by atoms with E-state index >= 15 is 0 Å². The summed E-state index contributed by atoms with van der Waals surface area (Å²) in [5, 5.41) is 25.1. The van der Waals surface area contributed by atoms with E-state index in [9.17, 15) is 14.8 Å². The first-order valence-electron chi connectivity index (χ1n) is 14.2. The third-order valence-corrected chi connectivity index (χ3v) is 9.56. The lowest BCUT2D eigenvalue weighted by Gasteiger charge is -2.35. The van der Waals surface area contributed by atoms with Crippen molar-refractivity contribution in [2.45, 2.75) is 51.0 Å². The number of nitriles is 1. The molecular formula is C29H35FN8OS. The molecule has 2 atom stereocenters. The summed E-state index contributed by atoms with van der Waals surface area (Å²) in [5.74, 6) is 1.84. The monoisotopic (exact) mass is 562 g/mol. The van der Waals surface area contributed by atoms with Gasteiger partial charge in [0.1, 0.15) is 22.6 Å². The quantitative estimate of drug-likeness (QED) is 0.448. The number of aromatic nitrogens is 4. The van der Waals surface area contributed by atoms with Crippen LogP contribution in [0.4, 0.5) is 21.2 Å². The Hall–Kier alpha value is -3.33. The van der Waals surface area contributed by atoms with Gasteiger partial charge < -0.3 is 14.9 Å². The van der Waals surface area contributed by atoms with E-state index in [1.807, 2.05) is 22.5 Å². The molecule has 3 aliphatic rings. The molecule has 0 amide bonds. The van der Waals surface area contributed by atoms with Gasteiger partial charge in [-0.25, -0.2) is 14.4 Å². The van der Waals surface area contributed by atoms with Crippen molar-refractivity contribution in [2.24, 2.45) is 5.92 Å². The molecule has 0 saturated carbocycles. The number of fused-ring (bicyclic) bond motifs is 1. The van der Waals surface area contributed by atoms with Crippen molar-refractivity contribution < 1.29 is 9.50 Å². The molecule has 2 unspecified atom stereocenters. The highest BCUT2D eigenvalue weighted by Crippen LogP contribution is 2.38. The van der Waals surface area contributed by atoms with Crippen LogP contribution in [0.5, 0.6) is 0 Å². The van der Waals surface area contributed by atoms with E-state index in [4.69, 9.17) is 15.1 Å². The predicted molar refractivity (Wildman–Crippen MR) is 155 cm³/mol. The number of allylic oxidation sites excluding steroid dienone is 4. The number of aryl methyl sites for hydroxylation is 1. The lowest BCUT2D eigenvalue weighted by atomic mass is 9.96. The minimum absolute atomic E-state index is 0.123. The van der Waals surface area contributed by atoms with Gasteiger partial charge >= 0.3 is 0 Å². The second-order valence-corrected chi connectivity index (χ2v) is 11.9. The van der Waals surface area contributed by atoms with Crippen LogP contribution >= 0.6 is 11.3 Å². The zero-order chi connectivity index (χ0) is 27.8. The van der Waals surface area contributed by atoms with E-state index in [-0.39, 0.29) is 11.7 Å². The summed E-state index contributed by atoms with van der Waals surface area (Å²) < 4.78 is 15.4. The second kappa shape index (κ2) is 11.3. The first-order chi connectivity index (χ1) is 19.5. The molecule has 0 spiro atoms. The Morgan fingerprint density at radius 2 is 2.02 bits per heavy atom. The molecule has 1 N–H and O–H groups in total. The molecule has 6 rings (SSSR count). The van der Waals surface area contributed by atoms with E-state index in [0.29, 0.717) is 40.7 Å². The van der Waals surface area contributed by atoms with Gasteiger partial charge in [0.2, 0.25) is 0 Å². The first kappa shape index (κ1) is 26.9. The molecule has 0 bridgehead atoms. The average Bonchev–Trinajstić information content (AvgIpc) is 3.74. The number of anilines is 3. The van der Waals surface area contributed by atoms with Crippen LogP contribution in [0.25, 0.3) is 5.65 Å². The Morgan fingerprint density at radius 3 is 2.73 bits per heavy atom. The molecule has 3 aromatic heterocycles. The zero-order valence-electron chi connectivity index (χ0n) is 23.0. The fourth-order valence-electron chi connectivity index (χ4n) is 6.13. The van der Waals surface area contributed by atoms with Crippen LogP contribution in [0.2, 0.25) is 0 Å². The summed E-state index contributed by atoms with van der Waals surface area (Å²) in [6.07, 6.45) is 9.23. The number of thiazole rings is 1. The molecule has 0 radical (unpaired) electrons. The number of halogens is 1. The smallest absolute Gasteiger partial charge is 0.192 e. The van der Waals surface area contributed by atoms with Crippen molar-refractivity contribution in [1.29, 1.82) is 5.26 Å². The maximum Gasteiger partial charge on any atom is 0.192 e. The van der Waals surface area contributed by atoms with Gasteiger partial charge in [-0.15, -0.1) is 5.10 Å². The van der Waals surface area contributed by atoms with Crippen LogP contribution in [0.1, 0.15) is 54.8 Å². The Morgan fingerprint density at radius 1 is 1.20 bits per heavy atom. The highest BCUT2D eigenvalue weighted by atomic mass is 32.1. The Labute approximate surface area is 237 Å². The Balaban J connectivity index is 1.27. The highest BCUT2D eigenvalue weighted by molar-refractivity contribution is 7.16. The predicted octanol–water partition coefficient (Wildman–Crippen LogP) is 4.57. The summed E-state index contributed by atoms with van der Waals surface area (Å²) in [4.78, 5) is 17.2. The van der Waals surface area contributed by atoms with Crippen molar-refractivity contribution >= 4 is 33.8 Å². The zero-order valence-corrected chi connectivity index (χ0v) is 23.8. The van der Waals surface area contributed by atoms with Crippen LogP contribution in [0.3, 0.4) is 0 Å². The van der Waals surface area contributed by atoms with Gasteiger partial charge in [0.05, 0.1) is 11.4 Å². The summed E-state index contributed by atoms with van der Waals surface area (Å²) in [7, 11) is 1.94. The number of hydrogen-bond donors (Lipinski definition) is 1. The van der Waals surface area contributed by atoms with Crippen molar-refractivity contribution in [1.82, 2.24) is 24.5 Å². The highest BCUT2D eigenvalue weighted by Gasteiger charge is 2.32. The molecule has 210 valence electrons. The SMILES string of the molecule is CCc1nc2ccc(N3CCC(N4CCC(CO)CC4)C3)nn2c1N(C)c1nc(C2C=CC(F)=CC2)c(C#N)s1. The summed E-state index contributed by atoms with van der Waals surface area (Å²) >= 11 is 1.34. The lowest BCUT2D eigenvalue weighted by Crippen LogP contribution is -2.43. The van der Waals surface area contributed by atoms with Crippen molar-refractivity contribution in [2.75, 3.05) is 49.6 Å². The van der Waals surface area contributed by atoms with E-state index in [1.165, 1.54) is 17.4 Å². The van der Waals surface area contributed by atoms with Gasteiger partial charge in [0.15, 0.2) is 16.6 Å². The van der Waals surface area contributed by atoms with Gasteiger partial charge in [-0.1, -0.05) is 24.3 Å². The van der Waals surface area contributed by atoms with Gasteiger partial charge in [0.25, 0.3) is 0 Å². The minimum atomic E-state index is -0.252. The number of piperidine rings is 1. The van der Waals surface area contributed by atoms with E-state index in [1.54, 1.807) is 12.2 Å². The van der Waals surface area contributed by atoms with Crippen LogP contribution in [-0.2, 0) is 6.42 Å². The molecule has 2 saturated heterocycles. The Kier molecular flexibility index (Phi) is 7.57. The summed E-state index contributed by atoms with van der Waals surface area (Å²) in [6, 6.07) is 6.88. The van der Waals surface area contributed by atoms with Crippen molar-refractivity contribution in [3.05, 3.63) is 52.5 Å². The van der Waals surface area contributed by atoms with Gasteiger partial charge in [-0.05, 0) is 75.4 Å². The molecule has 40 heavy (non-hydrogen) atoms. The standard InChI is InChI=1S/C29H35FN8OS/c1-3-23-28(35(2)29-33-27(24(16-31)40-29)20-4-6-21(30)7-5-20)38-25(32-23)8-9-26(34-38)37-15-12-22(17-37)36-13-10-19(18-39)11-14-36/h4,6-9,19-20,22,39H,3,5,10-15,17-18H2,1-2H3. The molecular weight excluding hydrogens is 527 g/mol. The lowest BCUT2D eigenvalue weighted by molar-refractivity contribution is 0.107. The van der Waals surface area contributed by atoms with E-state index in [2.05, 4.69) is 28.9 Å². The third-order valence-electron chi connectivity index (χ3n) is 8.51. The fourth-order valence-corrected chi connectivity index (χ4v) is 7.03. The number of rotatable bonds is 7. The maximum absolute atomic E-state index is 13.5. The molecule has 1 aliphatic carbocycles. The second-order valence-electron chi connectivity index (χ2n) is 10.9. The number of nitrogens with zero attached hydrogens (tertiary/aromatic N) is 8. The largest absolute Gasteiger partial charge is 0.396 e. The van der Waals surface area contributed by atoms with Crippen molar-refractivity contribution in [3.8, 4) is 6.07 Å². The number of hydrogen-bond acceptors (Lipinski definition) is 9. The first-order valence-corrected chi connectivity index (χ1v) is 15.0. The number of aliphatic hydroxyl groups is 1. The van der Waals surface area contributed by atoms with Crippen molar-refractivity contribution in [3.63, 3.8) is 0 Å². The molecule has 2 fully saturated rings. The van der Waals surface area contributed by atoms with Crippen LogP contribution in [0.15, 0.2) is 36.2 Å². The molecule has 2 aliphatic heterocycles. The van der Waals surface area contributed by atoms with Gasteiger partial charge in [-0.2, -0.15) is 9.78 Å². The fraction of sp³-hybridized carbons (Fsp3) is 0.517. The topological polar surface area (TPSA) is 96.8 Å². The Bertz CT molecular complexity index is 1480. The molecule has 5 heterocycles. The molecule has 3 aromatic rings. The number of imidazole rings is 1. The van der Waals surface area contributed by atoms with E-state index < -0.39 is 0 Å².